The average Bonchev–Trinajstić information content (AvgIpc) is 2.82. The van der Waals surface area contributed by atoms with Crippen molar-refractivity contribution >= 4 is 23.2 Å². The Hall–Kier alpha value is -2.54. The Morgan fingerprint density at radius 3 is 3.00 bits per heavy atom. The van der Waals surface area contributed by atoms with Gasteiger partial charge in [-0.25, -0.2) is 4.79 Å². The highest BCUT2D eigenvalue weighted by molar-refractivity contribution is 5.95. The van der Waals surface area contributed by atoms with Crippen molar-refractivity contribution in [2.45, 2.75) is 13.3 Å². The lowest BCUT2D eigenvalue weighted by molar-refractivity contribution is -0.107. The summed E-state index contributed by atoms with van der Waals surface area (Å²) in [6.07, 6.45) is 0.982. The lowest BCUT2D eigenvalue weighted by Gasteiger charge is -1.96. The van der Waals surface area contributed by atoms with Gasteiger partial charge < -0.3 is 14.5 Å². The number of benzene rings is 1. The molecule has 0 aliphatic heterocycles. The second kappa shape index (κ2) is 5.87. The molecule has 1 aromatic carbocycles. The van der Waals surface area contributed by atoms with Crippen molar-refractivity contribution in [3.63, 3.8) is 0 Å². The molecule has 0 fully saturated rings. The van der Waals surface area contributed by atoms with E-state index >= 15 is 0 Å². The Labute approximate surface area is 110 Å². The number of aromatic amines is 1. The van der Waals surface area contributed by atoms with Crippen LogP contribution < -0.4 is 0 Å². The summed E-state index contributed by atoms with van der Waals surface area (Å²) >= 11 is 0. The number of carbonyl (C=O) groups is 2. The van der Waals surface area contributed by atoms with Gasteiger partial charge >= 0.3 is 5.97 Å². The highest BCUT2D eigenvalue weighted by Gasteiger charge is 2.09. The topological polar surface area (TPSA) is 59.2 Å². The third-order valence-corrected chi connectivity index (χ3v) is 2.54. The molecule has 1 aromatic heterocycles. The maximum atomic E-state index is 11.6. The summed E-state index contributed by atoms with van der Waals surface area (Å²) in [5, 5.41) is 0.920. The smallest absolute Gasteiger partial charge is 0.354 e. The zero-order valence-corrected chi connectivity index (χ0v) is 10.5. The van der Waals surface area contributed by atoms with E-state index in [9.17, 15) is 9.59 Å². The fraction of sp³-hybridized carbons (Fsp3) is 0.200. The van der Waals surface area contributed by atoms with Crippen LogP contribution in [0.4, 0.5) is 0 Å². The summed E-state index contributed by atoms with van der Waals surface area (Å²) in [7, 11) is 0. The molecule has 4 nitrogen and oxygen atoms in total. The normalized spacial score (nSPS) is 9.74. The van der Waals surface area contributed by atoms with Gasteiger partial charge in [-0.15, -0.1) is 0 Å². The van der Waals surface area contributed by atoms with Crippen LogP contribution in [0, 0.1) is 11.8 Å². The van der Waals surface area contributed by atoms with Gasteiger partial charge in [-0.05, 0) is 25.1 Å². The van der Waals surface area contributed by atoms with E-state index in [1.807, 2.05) is 18.2 Å². The highest BCUT2D eigenvalue weighted by Crippen LogP contribution is 2.17. The van der Waals surface area contributed by atoms with Crippen LogP contribution in [0.3, 0.4) is 0 Å². The molecule has 0 radical (unpaired) electrons. The molecule has 0 aliphatic rings. The summed E-state index contributed by atoms with van der Waals surface area (Å²) in [5.41, 5.74) is 2.04. The number of nitrogens with one attached hydrogen (secondary N) is 1. The third kappa shape index (κ3) is 3.02. The number of carbonyl (C=O) groups excluding carboxylic acids is 2. The Morgan fingerprint density at radius 1 is 1.42 bits per heavy atom. The molecule has 19 heavy (non-hydrogen) atoms. The molecule has 2 rings (SSSR count). The predicted octanol–water partition coefficient (Wildman–Crippen LogP) is 2.29. The van der Waals surface area contributed by atoms with Crippen LogP contribution in [0.5, 0.6) is 0 Å². The molecule has 0 amide bonds. The van der Waals surface area contributed by atoms with Gasteiger partial charge in [-0.3, -0.25) is 0 Å². The molecule has 0 unspecified atom stereocenters. The summed E-state index contributed by atoms with van der Waals surface area (Å²) in [4.78, 5) is 24.8. The number of ether oxygens (including phenoxy) is 1. The standard InChI is InChI=1S/C15H13NO3/c1-2-19-15(18)14-10-12-7-6-11(5-3-4-8-17)9-13(12)16-14/h6-10,16H,2,4H2,1H3. The molecule has 0 spiro atoms. The largest absolute Gasteiger partial charge is 0.461 e. The van der Waals surface area contributed by atoms with Gasteiger partial charge in [-0.2, -0.15) is 0 Å². The molecule has 0 aliphatic carbocycles. The van der Waals surface area contributed by atoms with Crippen molar-refractivity contribution in [2.75, 3.05) is 6.61 Å². The highest BCUT2D eigenvalue weighted by atomic mass is 16.5. The van der Waals surface area contributed by atoms with Gasteiger partial charge in [0, 0.05) is 16.5 Å². The fourth-order valence-electron chi connectivity index (χ4n) is 1.72. The van der Waals surface area contributed by atoms with Gasteiger partial charge in [0.15, 0.2) is 0 Å². The number of hydrogen-bond acceptors (Lipinski definition) is 3. The number of aromatic nitrogens is 1. The first kappa shape index (κ1) is 12.9. The molecule has 0 saturated heterocycles. The second-order valence-electron chi connectivity index (χ2n) is 3.88. The Kier molecular flexibility index (Phi) is 3.99. The Balaban J connectivity index is 2.31. The minimum atomic E-state index is -0.368. The van der Waals surface area contributed by atoms with E-state index < -0.39 is 0 Å². The molecule has 1 heterocycles. The maximum absolute atomic E-state index is 11.6. The van der Waals surface area contributed by atoms with Crippen molar-refractivity contribution in [1.29, 1.82) is 0 Å². The van der Waals surface area contributed by atoms with Gasteiger partial charge in [0.25, 0.3) is 0 Å². The third-order valence-electron chi connectivity index (χ3n) is 2.54. The summed E-state index contributed by atoms with van der Waals surface area (Å²) in [5.74, 6) is 5.26. The number of rotatable bonds is 3. The van der Waals surface area contributed by atoms with Crippen molar-refractivity contribution < 1.29 is 14.3 Å². The first-order chi connectivity index (χ1) is 9.24. The van der Waals surface area contributed by atoms with Gasteiger partial charge in [0.1, 0.15) is 12.0 Å². The van der Waals surface area contributed by atoms with E-state index in [-0.39, 0.29) is 12.4 Å². The minimum Gasteiger partial charge on any atom is -0.461 e. The summed E-state index contributed by atoms with van der Waals surface area (Å²) < 4.78 is 4.93. The van der Waals surface area contributed by atoms with E-state index in [2.05, 4.69) is 16.8 Å². The van der Waals surface area contributed by atoms with Crippen LogP contribution in [-0.4, -0.2) is 23.8 Å². The average molecular weight is 255 g/mol. The molecular weight excluding hydrogens is 242 g/mol. The van der Waals surface area contributed by atoms with E-state index in [0.29, 0.717) is 12.3 Å². The number of H-pyrrole nitrogens is 1. The summed E-state index contributed by atoms with van der Waals surface area (Å²) in [6.45, 7) is 2.11. The van der Waals surface area contributed by atoms with Crippen LogP contribution in [0.15, 0.2) is 24.3 Å². The first-order valence-corrected chi connectivity index (χ1v) is 5.97. The molecule has 2 aromatic rings. The lowest BCUT2D eigenvalue weighted by Crippen LogP contribution is -2.04. The Bertz CT molecular complexity index is 673. The number of hydrogen-bond donors (Lipinski definition) is 1. The van der Waals surface area contributed by atoms with Gasteiger partial charge in [-0.1, -0.05) is 17.9 Å². The van der Waals surface area contributed by atoms with E-state index in [4.69, 9.17) is 4.74 Å². The number of fused-ring (bicyclic) bond motifs is 1. The monoisotopic (exact) mass is 255 g/mol. The number of aldehydes is 1. The van der Waals surface area contributed by atoms with Crippen molar-refractivity contribution in [3.05, 3.63) is 35.5 Å². The summed E-state index contributed by atoms with van der Waals surface area (Å²) in [6, 6.07) is 7.31. The van der Waals surface area contributed by atoms with Crippen LogP contribution in [-0.2, 0) is 9.53 Å². The Morgan fingerprint density at radius 2 is 2.26 bits per heavy atom. The van der Waals surface area contributed by atoms with E-state index in [1.165, 1.54) is 0 Å². The quantitative estimate of drug-likeness (QED) is 0.520. The molecule has 96 valence electrons. The SMILES string of the molecule is CCOC(=O)c1cc2ccc(C#CCC=O)cc2[nH]1. The first-order valence-electron chi connectivity index (χ1n) is 5.97. The zero-order valence-electron chi connectivity index (χ0n) is 10.5. The van der Waals surface area contributed by atoms with Crippen LogP contribution in [0.2, 0.25) is 0 Å². The van der Waals surface area contributed by atoms with Gasteiger partial charge in [0.2, 0.25) is 0 Å². The maximum Gasteiger partial charge on any atom is 0.354 e. The van der Waals surface area contributed by atoms with Crippen LogP contribution >= 0.6 is 0 Å². The van der Waals surface area contributed by atoms with Crippen LogP contribution in [0.25, 0.3) is 10.9 Å². The van der Waals surface area contributed by atoms with Crippen molar-refractivity contribution in [3.8, 4) is 11.8 Å². The van der Waals surface area contributed by atoms with Crippen molar-refractivity contribution in [1.82, 2.24) is 4.98 Å². The molecule has 0 atom stereocenters. The van der Waals surface area contributed by atoms with Crippen LogP contribution in [0.1, 0.15) is 29.4 Å². The molecule has 0 bridgehead atoms. The van der Waals surface area contributed by atoms with E-state index in [1.54, 1.807) is 13.0 Å². The lowest BCUT2D eigenvalue weighted by atomic mass is 10.1. The van der Waals surface area contributed by atoms with Gasteiger partial charge in [0.05, 0.1) is 13.0 Å². The minimum absolute atomic E-state index is 0.219. The zero-order chi connectivity index (χ0) is 13.7. The molecule has 0 saturated carbocycles. The predicted molar refractivity (Wildman–Crippen MR) is 71.8 cm³/mol. The van der Waals surface area contributed by atoms with Crippen molar-refractivity contribution in [2.24, 2.45) is 0 Å². The second-order valence-corrected chi connectivity index (χ2v) is 3.88. The molecule has 4 heteroatoms. The van der Waals surface area contributed by atoms with E-state index in [0.717, 1.165) is 22.8 Å². The fourth-order valence-corrected chi connectivity index (χ4v) is 1.72. The molecular formula is C15H13NO3. The number of esters is 1. The molecule has 1 N–H and O–H groups in total.